The van der Waals surface area contributed by atoms with Gasteiger partial charge in [-0.3, -0.25) is 5.32 Å². The molecule has 2 aromatic rings. The van der Waals surface area contributed by atoms with Crippen LogP contribution >= 0.6 is 0 Å². The van der Waals surface area contributed by atoms with Gasteiger partial charge in [-0.2, -0.15) is 0 Å². The fourth-order valence-electron chi connectivity index (χ4n) is 1.93. The summed E-state index contributed by atoms with van der Waals surface area (Å²) in [5.74, 6) is 0.573. The van der Waals surface area contributed by atoms with Gasteiger partial charge in [-0.1, -0.05) is 12.1 Å². The average Bonchev–Trinajstić information content (AvgIpc) is 2.30. The summed E-state index contributed by atoms with van der Waals surface area (Å²) in [5.41, 5.74) is 3.94. The Morgan fingerprint density at radius 1 is 1.05 bits per heavy atom. The quantitative estimate of drug-likeness (QED) is 0.860. The molecule has 0 radical (unpaired) electrons. The van der Waals surface area contributed by atoms with Crippen molar-refractivity contribution in [3.8, 4) is 0 Å². The summed E-state index contributed by atoms with van der Waals surface area (Å²) in [5, 5.41) is 5.55. The first-order valence-corrected chi connectivity index (χ1v) is 6.12. The highest BCUT2D eigenvalue weighted by Gasteiger charge is 2.06. The van der Waals surface area contributed by atoms with E-state index >= 15 is 0 Å². The van der Waals surface area contributed by atoms with Crippen molar-refractivity contribution in [1.29, 1.82) is 0 Å². The van der Waals surface area contributed by atoms with Gasteiger partial charge in [-0.15, -0.1) is 0 Å². The van der Waals surface area contributed by atoms with Crippen molar-refractivity contribution in [3.05, 3.63) is 53.2 Å². The second kappa shape index (κ2) is 5.52. The molecule has 0 bridgehead atoms. The molecule has 1 heterocycles. The fraction of sp³-hybridized carbons (Fsp3) is 0.200. The predicted molar refractivity (Wildman–Crippen MR) is 77.5 cm³/mol. The lowest BCUT2D eigenvalue weighted by Gasteiger charge is -2.10. The van der Waals surface area contributed by atoms with Gasteiger partial charge in [0.25, 0.3) is 0 Å². The Balaban J connectivity index is 2.07. The lowest BCUT2D eigenvalue weighted by atomic mass is 10.1. The molecular weight excluding hydrogens is 238 g/mol. The highest BCUT2D eigenvalue weighted by Crippen LogP contribution is 2.15. The topological polar surface area (TPSA) is 54.0 Å². The molecule has 0 unspecified atom stereocenters. The maximum absolute atomic E-state index is 11.9. The molecule has 0 aliphatic rings. The standard InChI is InChI=1S/C15H17N3O/c1-10-7-11(2)9-13(8-10)17-15(19)18-14-12(3)5-4-6-16-14/h4-9H,1-3H3,(H2,16,17,18,19). The SMILES string of the molecule is Cc1cc(C)cc(NC(=O)Nc2ncccc2C)c1. The number of benzene rings is 1. The second-order valence-electron chi connectivity index (χ2n) is 4.62. The van der Waals surface area contributed by atoms with Gasteiger partial charge in [-0.25, -0.2) is 9.78 Å². The molecule has 0 saturated heterocycles. The van der Waals surface area contributed by atoms with Crippen molar-refractivity contribution in [2.75, 3.05) is 10.6 Å². The molecule has 1 aromatic carbocycles. The van der Waals surface area contributed by atoms with Crippen LogP contribution in [-0.2, 0) is 0 Å². The van der Waals surface area contributed by atoms with Crippen molar-refractivity contribution < 1.29 is 4.79 Å². The summed E-state index contributed by atoms with van der Waals surface area (Å²) in [6, 6.07) is 9.37. The van der Waals surface area contributed by atoms with Crippen LogP contribution in [0.15, 0.2) is 36.5 Å². The number of pyridine rings is 1. The van der Waals surface area contributed by atoms with Crippen LogP contribution in [0.5, 0.6) is 0 Å². The number of nitrogens with one attached hydrogen (secondary N) is 2. The molecule has 0 saturated carbocycles. The van der Waals surface area contributed by atoms with Crippen LogP contribution in [0.4, 0.5) is 16.3 Å². The van der Waals surface area contributed by atoms with Crippen molar-refractivity contribution in [3.63, 3.8) is 0 Å². The third kappa shape index (κ3) is 3.55. The summed E-state index contributed by atoms with van der Waals surface area (Å²) in [7, 11) is 0. The van der Waals surface area contributed by atoms with Crippen LogP contribution in [0, 0.1) is 20.8 Å². The van der Waals surface area contributed by atoms with Crippen LogP contribution < -0.4 is 10.6 Å². The molecule has 0 aliphatic carbocycles. The van der Waals surface area contributed by atoms with Gasteiger partial charge in [0.1, 0.15) is 5.82 Å². The number of aryl methyl sites for hydroxylation is 3. The van der Waals surface area contributed by atoms with Crippen molar-refractivity contribution in [1.82, 2.24) is 4.98 Å². The Morgan fingerprint density at radius 2 is 1.74 bits per heavy atom. The number of urea groups is 1. The van der Waals surface area contributed by atoms with E-state index in [1.807, 2.05) is 45.0 Å². The molecule has 4 heteroatoms. The third-order valence-corrected chi connectivity index (χ3v) is 2.72. The van der Waals surface area contributed by atoms with E-state index < -0.39 is 0 Å². The number of hydrogen-bond donors (Lipinski definition) is 2. The van der Waals surface area contributed by atoms with Gasteiger partial charge in [0.2, 0.25) is 0 Å². The molecule has 0 aliphatic heterocycles. The summed E-state index contributed by atoms with van der Waals surface area (Å²) < 4.78 is 0. The largest absolute Gasteiger partial charge is 0.324 e. The van der Waals surface area contributed by atoms with Crippen LogP contribution in [0.3, 0.4) is 0 Å². The Morgan fingerprint density at radius 3 is 2.37 bits per heavy atom. The molecule has 19 heavy (non-hydrogen) atoms. The van der Waals surface area contributed by atoms with Gasteiger partial charge in [0.05, 0.1) is 0 Å². The summed E-state index contributed by atoms with van der Waals surface area (Å²) >= 11 is 0. The molecular formula is C15H17N3O. The first-order chi connectivity index (χ1) is 9.04. The molecule has 1 aromatic heterocycles. The van der Waals surface area contributed by atoms with Gasteiger partial charge in [0, 0.05) is 11.9 Å². The number of nitrogens with zero attached hydrogens (tertiary/aromatic N) is 1. The zero-order valence-corrected chi connectivity index (χ0v) is 11.3. The highest BCUT2D eigenvalue weighted by atomic mass is 16.2. The number of aromatic nitrogens is 1. The normalized spacial score (nSPS) is 10.1. The minimum atomic E-state index is -0.285. The summed E-state index contributed by atoms with van der Waals surface area (Å²) in [6.07, 6.45) is 1.65. The minimum absolute atomic E-state index is 0.285. The van der Waals surface area contributed by atoms with Crippen molar-refractivity contribution in [2.24, 2.45) is 0 Å². The predicted octanol–water partition coefficient (Wildman–Crippen LogP) is 3.65. The van der Waals surface area contributed by atoms with E-state index in [0.29, 0.717) is 5.82 Å². The molecule has 98 valence electrons. The van der Waals surface area contributed by atoms with Gasteiger partial charge < -0.3 is 5.32 Å². The number of carbonyl (C=O) groups excluding carboxylic acids is 1. The molecule has 0 spiro atoms. The fourth-order valence-corrected chi connectivity index (χ4v) is 1.93. The van der Waals surface area contributed by atoms with Crippen LogP contribution in [0.2, 0.25) is 0 Å². The molecule has 4 nitrogen and oxygen atoms in total. The Labute approximate surface area is 112 Å². The van der Waals surface area contributed by atoms with E-state index in [4.69, 9.17) is 0 Å². The lowest BCUT2D eigenvalue weighted by Crippen LogP contribution is -2.20. The zero-order chi connectivity index (χ0) is 13.8. The van der Waals surface area contributed by atoms with Gasteiger partial charge in [-0.05, 0) is 55.7 Å². The zero-order valence-electron chi connectivity index (χ0n) is 11.3. The van der Waals surface area contributed by atoms with E-state index in [0.717, 1.165) is 22.4 Å². The Bertz CT molecular complexity index is 588. The Kier molecular flexibility index (Phi) is 3.80. The number of carbonyl (C=O) groups is 1. The third-order valence-electron chi connectivity index (χ3n) is 2.72. The van der Waals surface area contributed by atoms with E-state index in [-0.39, 0.29) is 6.03 Å². The van der Waals surface area contributed by atoms with Crippen LogP contribution in [0.1, 0.15) is 16.7 Å². The average molecular weight is 255 g/mol. The van der Waals surface area contributed by atoms with Crippen molar-refractivity contribution >= 4 is 17.5 Å². The first-order valence-electron chi connectivity index (χ1n) is 6.12. The maximum atomic E-state index is 11.9. The van der Waals surface area contributed by atoms with E-state index in [1.54, 1.807) is 6.20 Å². The number of rotatable bonds is 2. The second-order valence-corrected chi connectivity index (χ2v) is 4.62. The van der Waals surface area contributed by atoms with Gasteiger partial charge >= 0.3 is 6.03 Å². The first kappa shape index (κ1) is 13.1. The van der Waals surface area contributed by atoms with Crippen LogP contribution in [-0.4, -0.2) is 11.0 Å². The van der Waals surface area contributed by atoms with Gasteiger partial charge in [0.15, 0.2) is 0 Å². The maximum Gasteiger partial charge on any atom is 0.324 e. The minimum Gasteiger partial charge on any atom is -0.308 e. The highest BCUT2D eigenvalue weighted by molar-refractivity contribution is 5.99. The molecule has 0 fully saturated rings. The lowest BCUT2D eigenvalue weighted by molar-refractivity contribution is 0.262. The van der Waals surface area contributed by atoms with E-state index in [1.165, 1.54) is 0 Å². The smallest absolute Gasteiger partial charge is 0.308 e. The van der Waals surface area contributed by atoms with E-state index in [2.05, 4.69) is 21.7 Å². The van der Waals surface area contributed by atoms with Crippen LogP contribution in [0.25, 0.3) is 0 Å². The monoisotopic (exact) mass is 255 g/mol. The number of amides is 2. The molecule has 0 atom stereocenters. The molecule has 2 rings (SSSR count). The van der Waals surface area contributed by atoms with Crippen molar-refractivity contribution in [2.45, 2.75) is 20.8 Å². The molecule has 2 N–H and O–H groups in total. The van der Waals surface area contributed by atoms with E-state index in [9.17, 15) is 4.79 Å². The molecule has 2 amide bonds. The number of hydrogen-bond acceptors (Lipinski definition) is 2. The summed E-state index contributed by atoms with van der Waals surface area (Å²) in [6.45, 7) is 5.90. The Hall–Kier alpha value is -2.36. The summed E-state index contributed by atoms with van der Waals surface area (Å²) in [4.78, 5) is 16.0. The number of anilines is 2.